The molecule has 2 aromatic heterocycles. The number of anilines is 1. The van der Waals surface area contributed by atoms with Crippen LogP contribution < -0.4 is 15.0 Å². The SMILES string of the molecule is Cc1nn(C)c(C)c1CN1C(=O)COc2ccc(C3CCNC3)nc21. The summed E-state index contributed by atoms with van der Waals surface area (Å²) < 4.78 is 7.45. The van der Waals surface area contributed by atoms with Gasteiger partial charge in [0, 0.05) is 36.5 Å². The van der Waals surface area contributed by atoms with Gasteiger partial charge in [-0.1, -0.05) is 0 Å². The quantitative estimate of drug-likeness (QED) is 0.914. The minimum Gasteiger partial charge on any atom is -0.480 e. The van der Waals surface area contributed by atoms with Gasteiger partial charge in [0.15, 0.2) is 18.2 Å². The van der Waals surface area contributed by atoms with E-state index in [4.69, 9.17) is 9.72 Å². The van der Waals surface area contributed by atoms with E-state index in [1.807, 2.05) is 37.7 Å². The number of aryl methyl sites for hydroxylation is 2. The number of carbonyl (C=O) groups is 1. The molecule has 1 saturated heterocycles. The van der Waals surface area contributed by atoms with Crippen molar-refractivity contribution in [1.82, 2.24) is 20.1 Å². The number of nitrogens with zero attached hydrogens (tertiary/aromatic N) is 4. The molecule has 4 heterocycles. The molecule has 1 fully saturated rings. The number of pyridine rings is 1. The van der Waals surface area contributed by atoms with Gasteiger partial charge in [-0.2, -0.15) is 5.10 Å². The van der Waals surface area contributed by atoms with E-state index in [-0.39, 0.29) is 12.5 Å². The van der Waals surface area contributed by atoms with Gasteiger partial charge < -0.3 is 10.1 Å². The zero-order chi connectivity index (χ0) is 17.6. The summed E-state index contributed by atoms with van der Waals surface area (Å²) in [6.07, 6.45) is 1.07. The third-order valence-corrected chi connectivity index (χ3v) is 5.22. The van der Waals surface area contributed by atoms with Crippen molar-refractivity contribution in [2.24, 2.45) is 7.05 Å². The van der Waals surface area contributed by atoms with Gasteiger partial charge in [0.25, 0.3) is 5.91 Å². The molecular weight excluding hydrogens is 318 g/mol. The van der Waals surface area contributed by atoms with Crippen LogP contribution in [-0.2, 0) is 18.4 Å². The van der Waals surface area contributed by atoms with Gasteiger partial charge in [-0.15, -0.1) is 0 Å². The lowest BCUT2D eigenvalue weighted by Gasteiger charge is -2.29. The molecular formula is C18H23N5O2. The van der Waals surface area contributed by atoms with Gasteiger partial charge in [0.1, 0.15) is 0 Å². The molecule has 0 aromatic carbocycles. The first-order valence-electron chi connectivity index (χ1n) is 8.68. The zero-order valence-electron chi connectivity index (χ0n) is 14.9. The highest BCUT2D eigenvalue weighted by atomic mass is 16.5. The Balaban J connectivity index is 1.71. The van der Waals surface area contributed by atoms with E-state index in [2.05, 4.69) is 10.4 Å². The highest BCUT2D eigenvalue weighted by molar-refractivity contribution is 5.96. The van der Waals surface area contributed by atoms with E-state index in [0.717, 1.165) is 42.2 Å². The molecule has 7 nitrogen and oxygen atoms in total. The van der Waals surface area contributed by atoms with Gasteiger partial charge in [-0.25, -0.2) is 4.98 Å². The van der Waals surface area contributed by atoms with Gasteiger partial charge in [-0.05, 0) is 38.9 Å². The van der Waals surface area contributed by atoms with Gasteiger partial charge in [-0.3, -0.25) is 14.4 Å². The van der Waals surface area contributed by atoms with Crippen LogP contribution in [0.5, 0.6) is 5.75 Å². The Kier molecular flexibility index (Phi) is 3.95. The molecule has 1 atom stereocenters. The van der Waals surface area contributed by atoms with Crippen molar-refractivity contribution in [3.8, 4) is 5.75 Å². The lowest BCUT2D eigenvalue weighted by Crippen LogP contribution is -2.39. The lowest BCUT2D eigenvalue weighted by molar-refractivity contribution is -0.121. The summed E-state index contributed by atoms with van der Waals surface area (Å²) in [7, 11) is 1.92. The summed E-state index contributed by atoms with van der Waals surface area (Å²) in [6.45, 7) is 6.47. The molecule has 0 bridgehead atoms. The Morgan fingerprint density at radius 3 is 2.88 bits per heavy atom. The maximum atomic E-state index is 12.5. The first kappa shape index (κ1) is 16.1. The van der Waals surface area contributed by atoms with Crippen molar-refractivity contribution in [3.05, 3.63) is 34.8 Å². The Labute approximate surface area is 147 Å². The summed E-state index contributed by atoms with van der Waals surface area (Å²) in [5.41, 5.74) is 4.09. The summed E-state index contributed by atoms with van der Waals surface area (Å²) >= 11 is 0. The minimum atomic E-state index is -0.0654. The fourth-order valence-electron chi connectivity index (χ4n) is 3.59. The number of hydrogen-bond acceptors (Lipinski definition) is 5. The summed E-state index contributed by atoms with van der Waals surface area (Å²) in [5.74, 6) is 1.63. The molecule has 25 heavy (non-hydrogen) atoms. The number of fused-ring (bicyclic) bond motifs is 1. The van der Waals surface area contributed by atoms with Crippen LogP contribution in [0.4, 0.5) is 5.82 Å². The monoisotopic (exact) mass is 341 g/mol. The van der Waals surface area contributed by atoms with Crippen LogP contribution in [0.3, 0.4) is 0 Å². The molecule has 0 radical (unpaired) electrons. The van der Waals surface area contributed by atoms with Crippen LogP contribution in [0, 0.1) is 13.8 Å². The number of carbonyl (C=O) groups excluding carboxylic acids is 1. The fourth-order valence-corrected chi connectivity index (χ4v) is 3.59. The fraction of sp³-hybridized carbons (Fsp3) is 0.500. The van der Waals surface area contributed by atoms with Gasteiger partial charge in [0.2, 0.25) is 0 Å². The molecule has 2 aliphatic rings. The van der Waals surface area contributed by atoms with Crippen LogP contribution in [0.25, 0.3) is 0 Å². The van der Waals surface area contributed by atoms with Crippen molar-refractivity contribution in [3.63, 3.8) is 0 Å². The normalized spacial score (nSPS) is 19.9. The molecule has 132 valence electrons. The average Bonchev–Trinajstić information content (AvgIpc) is 3.21. The minimum absolute atomic E-state index is 0.0529. The van der Waals surface area contributed by atoms with E-state index in [1.54, 1.807) is 4.90 Å². The molecule has 0 spiro atoms. The predicted octanol–water partition coefficient (Wildman–Crippen LogP) is 1.43. The first-order chi connectivity index (χ1) is 12.0. The predicted molar refractivity (Wildman–Crippen MR) is 93.8 cm³/mol. The van der Waals surface area contributed by atoms with Gasteiger partial charge >= 0.3 is 0 Å². The Morgan fingerprint density at radius 2 is 2.20 bits per heavy atom. The topological polar surface area (TPSA) is 72.3 Å². The number of aromatic nitrogens is 3. The summed E-state index contributed by atoms with van der Waals surface area (Å²) in [5, 5.41) is 7.82. The van der Waals surface area contributed by atoms with Crippen molar-refractivity contribution in [1.29, 1.82) is 0 Å². The molecule has 1 amide bonds. The Hall–Kier alpha value is -2.41. The molecule has 1 unspecified atom stereocenters. The maximum absolute atomic E-state index is 12.5. The number of ether oxygens (including phenoxy) is 1. The standard InChI is InChI=1S/C18H23N5O2/c1-11-14(12(2)22(3)21-11)9-23-17(24)10-25-16-5-4-15(20-18(16)23)13-6-7-19-8-13/h4-5,13,19H,6-10H2,1-3H3. The molecule has 1 N–H and O–H groups in total. The first-order valence-corrected chi connectivity index (χ1v) is 8.68. The van der Waals surface area contributed by atoms with E-state index < -0.39 is 0 Å². The molecule has 0 saturated carbocycles. The van der Waals surface area contributed by atoms with E-state index in [9.17, 15) is 4.79 Å². The van der Waals surface area contributed by atoms with Crippen LogP contribution in [0.2, 0.25) is 0 Å². The molecule has 4 rings (SSSR count). The number of amides is 1. The largest absolute Gasteiger partial charge is 0.480 e. The second kappa shape index (κ2) is 6.15. The van der Waals surface area contributed by atoms with E-state index >= 15 is 0 Å². The second-order valence-electron chi connectivity index (χ2n) is 6.79. The number of nitrogens with one attached hydrogen (secondary N) is 1. The second-order valence-corrected chi connectivity index (χ2v) is 6.79. The highest BCUT2D eigenvalue weighted by Crippen LogP contribution is 2.34. The third kappa shape index (κ3) is 2.78. The van der Waals surface area contributed by atoms with Gasteiger partial charge in [0.05, 0.1) is 12.2 Å². The maximum Gasteiger partial charge on any atom is 0.266 e. The third-order valence-electron chi connectivity index (χ3n) is 5.22. The van der Waals surface area contributed by atoms with Crippen LogP contribution in [0.15, 0.2) is 12.1 Å². The van der Waals surface area contributed by atoms with Crippen LogP contribution >= 0.6 is 0 Å². The Bertz CT molecular complexity index is 823. The summed E-state index contributed by atoms with van der Waals surface area (Å²) in [4.78, 5) is 19.1. The van der Waals surface area contributed by atoms with E-state index in [1.165, 1.54) is 0 Å². The number of rotatable bonds is 3. The van der Waals surface area contributed by atoms with E-state index in [0.29, 0.717) is 24.0 Å². The van der Waals surface area contributed by atoms with Crippen molar-refractivity contribution >= 4 is 11.7 Å². The molecule has 2 aliphatic heterocycles. The molecule has 2 aromatic rings. The smallest absolute Gasteiger partial charge is 0.266 e. The Morgan fingerprint density at radius 1 is 1.36 bits per heavy atom. The number of hydrogen-bond donors (Lipinski definition) is 1. The van der Waals surface area contributed by atoms with Crippen molar-refractivity contribution < 1.29 is 9.53 Å². The zero-order valence-corrected chi connectivity index (χ0v) is 14.9. The summed E-state index contributed by atoms with van der Waals surface area (Å²) in [6, 6.07) is 3.96. The lowest BCUT2D eigenvalue weighted by atomic mass is 10.0. The average molecular weight is 341 g/mol. The van der Waals surface area contributed by atoms with Crippen LogP contribution in [0.1, 0.15) is 35.0 Å². The van der Waals surface area contributed by atoms with Crippen molar-refractivity contribution in [2.45, 2.75) is 32.7 Å². The van der Waals surface area contributed by atoms with Crippen molar-refractivity contribution in [2.75, 3.05) is 24.6 Å². The van der Waals surface area contributed by atoms with Crippen LogP contribution in [-0.4, -0.2) is 40.4 Å². The highest BCUT2D eigenvalue weighted by Gasteiger charge is 2.30. The molecule has 7 heteroatoms. The molecule has 0 aliphatic carbocycles.